The SMILES string of the molecule is COC(CN1C(=O)O[C@@](C)(Cc2ccccc2)[C@@]1(C)O)OC. The minimum absolute atomic E-state index is 0.0865. The van der Waals surface area contributed by atoms with Crippen molar-refractivity contribution in [3.05, 3.63) is 35.9 Å². The average molecular weight is 309 g/mol. The normalized spacial score (nSPS) is 28.3. The van der Waals surface area contributed by atoms with Crippen LogP contribution in [0.1, 0.15) is 19.4 Å². The van der Waals surface area contributed by atoms with E-state index in [1.165, 1.54) is 19.1 Å². The molecule has 1 aliphatic rings. The van der Waals surface area contributed by atoms with Crippen LogP contribution < -0.4 is 0 Å². The van der Waals surface area contributed by atoms with Crippen molar-refractivity contribution >= 4 is 6.09 Å². The van der Waals surface area contributed by atoms with Gasteiger partial charge in [0.25, 0.3) is 0 Å². The lowest BCUT2D eigenvalue weighted by Crippen LogP contribution is -2.57. The van der Waals surface area contributed by atoms with Gasteiger partial charge in [-0.1, -0.05) is 30.3 Å². The van der Waals surface area contributed by atoms with Gasteiger partial charge in [0.05, 0.1) is 6.54 Å². The number of carbonyl (C=O) groups is 1. The van der Waals surface area contributed by atoms with Gasteiger partial charge in [0.2, 0.25) is 0 Å². The van der Waals surface area contributed by atoms with E-state index in [4.69, 9.17) is 14.2 Å². The van der Waals surface area contributed by atoms with E-state index >= 15 is 0 Å². The van der Waals surface area contributed by atoms with Gasteiger partial charge in [-0.3, -0.25) is 4.90 Å². The first-order valence-electron chi connectivity index (χ1n) is 7.16. The summed E-state index contributed by atoms with van der Waals surface area (Å²) in [7, 11) is 2.96. The molecule has 0 radical (unpaired) electrons. The van der Waals surface area contributed by atoms with E-state index in [1.54, 1.807) is 13.8 Å². The van der Waals surface area contributed by atoms with E-state index in [1.807, 2.05) is 30.3 Å². The number of cyclic esters (lactones) is 1. The molecule has 1 N–H and O–H groups in total. The van der Waals surface area contributed by atoms with E-state index in [9.17, 15) is 9.90 Å². The fourth-order valence-corrected chi connectivity index (χ4v) is 2.64. The van der Waals surface area contributed by atoms with E-state index in [2.05, 4.69) is 0 Å². The van der Waals surface area contributed by atoms with Gasteiger partial charge in [-0.15, -0.1) is 0 Å². The van der Waals surface area contributed by atoms with Crippen LogP contribution in [0.2, 0.25) is 0 Å². The number of hydrogen-bond acceptors (Lipinski definition) is 5. The second-order valence-corrected chi connectivity index (χ2v) is 5.79. The first kappa shape index (κ1) is 16.7. The van der Waals surface area contributed by atoms with Crippen LogP contribution in [-0.2, 0) is 20.6 Å². The summed E-state index contributed by atoms with van der Waals surface area (Å²) in [6.45, 7) is 3.39. The van der Waals surface area contributed by atoms with Crippen molar-refractivity contribution < 1.29 is 24.1 Å². The summed E-state index contributed by atoms with van der Waals surface area (Å²) in [5, 5.41) is 10.9. The first-order valence-corrected chi connectivity index (χ1v) is 7.16. The topological polar surface area (TPSA) is 68.2 Å². The molecular formula is C16H23NO5. The van der Waals surface area contributed by atoms with Crippen molar-refractivity contribution in [1.82, 2.24) is 4.90 Å². The molecule has 1 amide bonds. The van der Waals surface area contributed by atoms with Crippen molar-refractivity contribution in [3.8, 4) is 0 Å². The van der Waals surface area contributed by atoms with Gasteiger partial charge in [0, 0.05) is 20.6 Å². The fourth-order valence-electron chi connectivity index (χ4n) is 2.64. The van der Waals surface area contributed by atoms with Gasteiger partial charge in [-0.25, -0.2) is 4.79 Å². The Bertz CT molecular complexity index is 515. The summed E-state index contributed by atoms with van der Waals surface area (Å²) in [5.74, 6) is 0. The van der Waals surface area contributed by atoms with Crippen molar-refractivity contribution in [3.63, 3.8) is 0 Å². The molecule has 1 aromatic rings. The maximum absolute atomic E-state index is 12.2. The highest BCUT2D eigenvalue weighted by molar-refractivity contribution is 5.72. The first-order chi connectivity index (χ1) is 10.3. The molecule has 2 atom stereocenters. The van der Waals surface area contributed by atoms with Gasteiger partial charge in [-0.05, 0) is 19.4 Å². The molecule has 0 unspecified atom stereocenters. The average Bonchev–Trinajstić information content (AvgIpc) is 2.64. The smallest absolute Gasteiger partial charge is 0.413 e. The second-order valence-electron chi connectivity index (χ2n) is 5.79. The lowest BCUT2D eigenvalue weighted by molar-refractivity contribution is -0.168. The van der Waals surface area contributed by atoms with Crippen LogP contribution in [0.5, 0.6) is 0 Å². The summed E-state index contributed by atoms with van der Waals surface area (Å²) >= 11 is 0. The maximum atomic E-state index is 12.2. The zero-order valence-corrected chi connectivity index (χ0v) is 13.4. The number of amides is 1. The molecule has 6 nitrogen and oxygen atoms in total. The number of aliphatic hydroxyl groups is 1. The Balaban J connectivity index is 2.22. The monoisotopic (exact) mass is 309 g/mol. The lowest BCUT2D eigenvalue weighted by atomic mass is 9.86. The highest BCUT2D eigenvalue weighted by Crippen LogP contribution is 2.39. The number of methoxy groups -OCH3 is 2. The minimum Gasteiger partial charge on any atom is -0.438 e. The van der Waals surface area contributed by atoms with Crippen LogP contribution >= 0.6 is 0 Å². The quantitative estimate of drug-likeness (QED) is 0.811. The predicted octanol–water partition coefficient (Wildman–Crippen LogP) is 1.77. The molecule has 2 rings (SSSR count). The van der Waals surface area contributed by atoms with Crippen LogP contribution in [0, 0.1) is 0 Å². The molecule has 0 spiro atoms. The molecule has 6 heteroatoms. The highest BCUT2D eigenvalue weighted by atomic mass is 16.7. The number of hydrogen-bond donors (Lipinski definition) is 1. The Hall–Kier alpha value is -1.63. The van der Waals surface area contributed by atoms with Gasteiger partial charge >= 0.3 is 6.09 Å². The summed E-state index contributed by atoms with van der Waals surface area (Å²) in [5.41, 5.74) is -1.55. The standard InChI is InChI=1S/C16H23NO5/c1-15(10-12-8-6-5-7-9-12)16(2,19)17(14(18)22-15)11-13(20-3)21-4/h5-9,13,19H,10-11H2,1-4H3/t15-,16+/m0/s1. The van der Waals surface area contributed by atoms with E-state index in [0.717, 1.165) is 5.56 Å². The Morgan fingerprint density at radius 1 is 1.23 bits per heavy atom. The zero-order valence-electron chi connectivity index (χ0n) is 13.4. The Kier molecular flexibility index (Phi) is 4.75. The Morgan fingerprint density at radius 3 is 2.36 bits per heavy atom. The van der Waals surface area contributed by atoms with Crippen LogP contribution in [0.3, 0.4) is 0 Å². The van der Waals surface area contributed by atoms with Gasteiger partial charge in [0.15, 0.2) is 17.6 Å². The third-order valence-corrected chi connectivity index (χ3v) is 4.30. The van der Waals surface area contributed by atoms with Crippen LogP contribution in [0.4, 0.5) is 4.79 Å². The molecule has 122 valence electrons. The molecule has 1 heterocycles. The number of ether oxygens (including phenoxy) is 3. The Labute approximate surface area is 130 Å². The number of carbonyl (C=O) groups excluding carboxylic acids is 1. The molecule has 0 saturated carbocycles. The summed E-state index contributed by atoms with van der Waals surface area (Å²) in [4.78, 5) is 13.4. The number of benzene rings is 1. The number of rotatable bonds is 6. The lowest BCUT2D eigenvalue weighted by Gasteiger charge is -2.38. The van der Waals surface area contributed by atoms with Crippen LogP contribution in [0.25, 0.3) is 0 Å². The second kappa shape index (κ2) is 6.24. The van der Waals surface area contributed by atoms with Crippen LogP contribution in [0.15, 0.2) is 30.3 Å². The highest BCUT2D eigenvalue weighted by Gasteiger charge is 2.59. The molecule has 0 aromatic heterocycles. The summed E-state index contributed by atoms with van der Waals surface area (Å²) in [6.07, 6.45) is -0.797. The predicted molar refractivity (Wildman–Crippen MR) is 80.2 cm³/mol. The molecule has 0 aliphatic carbocycles. The van der Waals surface area contributed by atoms with E-state index < -0.39 is 23.7 Å². The van der Waals surface area contributed by atoms with Crippen molar-refractivity contribution in [2.75, 3.05) is 20.8 Å². The molecule has 1 aromatic carbocycles. The summed E-state index contributed by atoms with van der Waals surface area (Å²) < 4.78 is 15.7. The molecule has 1 fully saturated rings. The molecular weight excluding hydrogens is 286 g/mol. The van der Waals surface area contributed by atoms with Crippen molar-refractivity contribution in [2.24, 2.45) is 0 Å². The van der Waals surface area contributed by atoms with Crippen molar-refractivity contribution in [2.45, 2.75) is 37.9 Å². The third-order valence-electron chi connectivity index (χ3n) is 4.30. The van der Waals surface area contributed by atoms with E-state index in [-0.39, 0.29) is 6.54 Å². The molecule has 0 bridgehead atoms. The molecule has 1 aliphatic heterocycles. The maximum Gasteiger partial charge on any atom is 0.413 e. The minimum atomic E-state index is -1.48. The largest absolute Gasteiger partial charge is 0.438 e. The number of nitrogens with zero attached hydrogens (tertiary/aromatic N) is 1. The van der Waals surface area contributed by atoms with Crippen LogP contribution in [-0.4, -0.2) is 54.5 Å². The summed E-state index contributed by atoms with van der Waals surface area (Å²) in [6, 6.07) is 9.61. The molecule has 22 heavy (non-hydrogen) atoms. The molecule has 1 saturated heterocycles. The Morgan fingerprint density at radius 2 is 1.82 bits per heavy atom. The van der Waals surface area contributed by atoms with Gasteiger partial charge in [-0.2, -0.15) is 0 Å². The third kappa shape index (κ3) is 2.95. The zero-order chi connectivity index (χ0) is 16.4. The van der Waals surface area contributed by atoms with Gasteiger partial charge < -0.3 is 19.3 Å². The van der Waals surface area contributed by atoms with Crippen molar-refractivity contribution in [1.29, 1.82) is 0 Å². The van der Waals surface area contributed by atoms with E-state index in [0.29, 0.717) is 6.42 Å². The van der Waals surface area contributed by atoms with Gasteiger partial charge in [0.1, 0.15) is 0 Å². The fraction of sp³-hybridized carbons (Fsp3) is 0.562.